The van der Waals surface area contributed by atoms with Crippen LogP contribution in [-0.2, 0) is 0 Å². The molecule has 1 saturated carbocycles. The zero-order valence-electron chi connectivity index (χ0n) is 15.1. The van der Waals surface area contributed by atoms with E-state index in [1.165, 1.54) is 18.2 Å². The summed E-state index contributed by atoms with van der Waals surface area (Å²) in [6, 6.07) is 6.86. The SMILES string of the molecule is CSc1ccnc(Nc2ccc(Cl)c(C(=O)NC(O)C3CCCCC3)c2)n1. The maximum atomic E-state index is 12.6. The first kappa shape index (κ1) is 19.9. The molecule has 6 nitrogen and oxygen atoms in total. The lowest BCUT2D eigenvalue weighted by molar-refractivity contribution is 0.0463. The third-order valence-electron chi connectivity index (χ3n) is 4.68. The third kappa shape index (κ3) is 5.34. The number of nitrogens with one attached hydrogen (secondary N) is 2. The van der Waals surface area contributed by atoms with Crippen LogP contribution in [0.25, 0.3) is 0 Å². The van der Waals surface area contributed by atoms with Gasteiger partial charge in [0.05, 0.1) is 10.6 Å². The van der Waals surface area contributed by atoms with Crippen molar-refractivity contribution in [2.45, 2.75) is 43.4 Å². The van der Waals surface area contributed by atoms with E-state index in [4.69, 9.17) is 11.6 Å². The molecule has 0 radical (unpaired) electrons. The number of halogens is 1. The molecule has 2 aromatic rings. The van der Waals surface area contributed by atoms with E-state index < -0.39 is 6.23 Å². The smallest absolute Gasteiger partial charge is 0.254 e. The molecule has 1 fully saturated rings. The van der Waals surface area contributed by atoms with Gasteiger partial charge < -0.3 is 15.7 Å². The van der Waals surface area contributed by atoms with E-state index >= 15 is 0 Å². The van der Waals surface area contributed by atoms with Gasteiger partial charge in [0.2, 0.25) is 5.95 Å². The lowest BCUT2D eigenvalue weighted by Gasteiger charge is -2.27. The summed E-state index contributed by atoms with van der Waals surface area (Å²) in [6.45, 7) is 0. The van der Waals surface area contributed by atoms with Crippen molar-refractivity contribution in [1.82, 2.24) is 15.3 Å². The molecule has 1 amide bonds. The number of carbonyl (C=O) groups is 1. The second kappa shape index (κ2) is 9.39. The van der Waals surface area contributed by atoms with Gasteiger partial charge in [-0.05, 0) is 43.4 Å². The second-order valence-electron chi connectivity index (χ2n) is 6.56. The van der Waals surface area contributed by atoms with Gasteiger partial charge in [-0.15, -0.1) is 11.8 Å². The minimum absolute atomic E-state index is 0.102. The average Bonchev–Trinajstić information content (AvgIpc) is 2.70. The molecule has 0 spiro atoms. The number of anilines is 2. The molecule has 1 heterocycles. The van der Waals surface area contributed by atoms with Crippen molar-refractivity contribution < 1.29 is 9.90 Å². The average molecular weight is 407 g/mol. The summed E-state index contributed by atoms with van der Waals surface area (Å²) in [5.74, 6) is 0.156. The summed E-state index contributed by atoms with van der Waals surface area (Å²) < 4.78 is 0. The Balaban J connectivity index is 1.71. The minimum atomic E-state index is -0.855. The molecule has 1 aliphatic rings. The molecule has 3 N–H and O–H groups in total. The van der Waals surface area contributed by atoms with Crippen LogP contribution < -0.4 is 10.6 Å². The summed E-state index contributed by atoms with van der Waals surface area (Å²) in [5, 5.41) is 17.3. The van der Waals surface area contributed by atoms with Gasteiger partial charge >= 0.3 is 0 Å². The highest BCUT2D eigenvalue weighted by Crippen LogP contribution is 2.27. The van der Waals surface area contributed by atoms with Crippen LogP contribution >= 0.6 is 23.4 Å². The van der Waals surface area contributed by atoms with Crippen LogP contribution in [0.4, 0.5) is 11.6 Å². The van der Waals surface area contributed by atoms with E-state index in [1.807, 2.05) is 12.3 Å². The monoisotopic (exact) mass is 406 g/mol. The summed E-state index contributed by atoms with van der Waals surface area (Å²) in [5.41, 5.74) is 0.951. The number of thioether (sulfide) groups is 1. The van der Waals surface area contributed by atoms with Gasteiger partial charge in [-0.3, -0.25) is 4.79 Å². The number of benzene rings is 1. The van der Waals surface area contributed by atoms with Gasteiger partial charge in [-0.25, -0.2) is 9.97 Å². The number of aliphatic hydroxyl groups is 1. The van der Waals surface area contributed by atoms with Crippen LogP contribution in [0.15, 0.2) is 35.5 Å². The van der Waals surface area contributed by atoms with E-state index in [1.54, 1.807) is 24.4 Å². The fraction of sp³-hybridized carbons (Fsp3) is 0.421. The molecule has 1 unspecified atom stereocenters. The van der Waals surface area contributed by atoms with E-state index in [0.717, 1.165) is 30.7 Å². The molecule has 3 rings (SSSR count). The minimum Gasteiger partial charge on any atom is -0.373 e. The van der Waals surface area contributed by atoms with E-state index in [-0.39, 0.29) is 11.8 Å². The van der Waals surface area contributed by atoms with Crippen LogP contribution in [0.3, 0.4) is 0 Å². The summed E-state index contributed by atoms with van der Waals surface area (Å²) in [4.78, 5) is 21.1. The zero-order valence-corrected chi connectivity index (χ0v) is 16.7. The molecule has 27 heavy (non-hydrogen) atoms. The molecule has 8 heteroatoms. The van der Waals surface area contributed by atoms with E-state index in [9.17, 15) is 9.90 Å². The van der Waals surface area contributed by atoms with E-state index in [0.29, 0.717) is 22.2 Å². The molecule has 1 aromatic heterocycles. The van der Waals surface area contributed by atoms with Crippen molar-refractivity contribution in [1.29, 1.82) is 0 Å². The molecule has 1 aliphatic carbocycles. The molecular formula is C19H23ClN4O2S. The highest BCUT2D eigenvalue weighted by atomic mass is 35.5. The Morgan fingerprint density at radius 3 is 2.81 bits per heavy atom. The number of hydrogen-bond donors (Lipinski definition) is 3. The maximum absolute atomic E-state index is 12.6. The quantitative estimate of drug-likeness (QED) is 0.378. The molecule has 1 atom stereocenters. The number of hydrogen-bond acceptors (Lipinski definition) is 6. The lowest BCUT2D eigenvalue weighted by Crippen LogP contribution is -2.41. The first-order chi connectivity index (χ1) is 13.1. The summed E-state index contributed by atoms with van der Waals surface area (Å²) >= 11 is 7.73. The maximum Gasteiger partial charge on any atom is 0.254 e. The predicted molar refractivity (Wildman–Crippen MR) is 109 cm³/mol. The van der Waals surface area contributed by atoms with Gasteiger partial charge in [0.25, 0.3) is 5.91 Å². The Labute approximate surface area is 168 Å². The molecule has 0 saturated heterocycles. The van der Waals surface area contributed by atoms with Crippen molar-refractivity contribution in [3.05, 3.63) is 41.0 Å². The van der Waals surface area contributed by atoms with Gasteiger partial charge in [0, 0.05) is 17.8 Å². The molecule has 0 aliphatic heterocycles. The molecular weight excluding hydrogens is 384 g/mol. The number of aliphatic hydroxyl groups excluding tert-OH is 1. The Morgan fingerprint density at radius 1 is 1.30 bits per heavy atom. The van der Waals surface area contributed by atoms with Crippen LogP contribution in [0.1, 0.15) is 42.5 Å². The van der Waals surface area contributed by atoms with Gasteiger partial charge in [0.15, 0.2) is 0 Å². The van der Waals surface area contributed by atoms with Gasteiger partial charge in [0.1, 0.15) is 11.3 Å². The fourth-order valence-electron chi connectivity index (χ4n) is 3.20. The van der Waals surface area contributed by atoms with Crippen molar-refractivity contribution >= 4 is 40.9 Å². The largest absolute Gasteiger partial charge is 0.373 e. The van der Waals surface area contributed by atoms with Crippen molar-refractivity contribution in [2.24, 2.45) is 5.92 Å². The van der Waals surface area contributed by atoms with Crippen LogP contribution in [0, 0.1) is 5.92 Å². The number of carbonyl (C=O) groups excluding carboxylic acids is 1. The highest BCUT2D eigenvalue weighted by molar-refractivity contribution is 7.98. The lowest BCUT2D eigenvalue weighted by atomic mass is 9.88. The number of nitrogens with zero attached hydrogens (tertiary/aromatic N) is 2. The first-order valence-electron chi connectivity index (χ1n) is 8.99. The fourth-order valence-corrected chi connectivity index (χ4v) is 3.78. The molecule has 1 aromatic carbocycles. The predicted octanol–water partition coefficient (Wildman–Crippen LogP) is 4.22. The van der Waals surface area contributed by atoms with E-state index in [2.05, 4.69) is 20.6 Å². The third-order valence-corrected chi connectivity index (χ3v) is 5.66. The van der Waals surface area contributed by atoms with Gasteiger partial charge in [-0.2, -0.15) is 0 Å². The van der Waals surface area contributed by atoms with Crippen molar-refractivity contribution in [2.75, 3.05) is 11.6 Å². The summed E-state index contributed by atoms with van der Waals surface area (Å²) in [6.07, 6.45) is 7.99. The zero-order chi connectivity index (χ0) is 19.2. The highest BCUT2D eigenvalue weighted by Gasteiger charge is 2.24. The van der Waals surface area contributed by atoms with Gasteiger partial charge in [-0.1, -0.05) is 30.9 Å². The second-order valence-corrected chi connectivity index (χ2v) is 7.79. The standard InChI is InChI=1S/C19H23ClN4O2S/c1-27-16-9-10-21-19(23-16)22-13-7-8-15(20)14(11-13)18(26)24-17(25)12-5-3-2-4-6-12/h7-12,17,25H,2-6H2,1H3,(H,24,26)(H,21,22,23). The summed E-state index contributed by atoms with van der Waals surface area (Å²) in [7, 11) is 0. The topological polar surface area (TPSA) is 87.1 Å². The Kier molecular flexibility index (Phi) is 6.93. The Morgan fingerprint density at radius 2 is 2.07 bits per heavy atom. The van der Waals surface area contributed by atoms with Crippen LogP contribution in [0.2, 0.25) is 5.02 Å². The Bertz CT molecular complexity index is 799. The van der Waals surface area contributed by atoms with Crippen molar-refractivity contribution in [3.8, 4) is 0 Å². The Hall–Kier alpha value is -1.83. The molecule has 144 valence electrons. The number of aromatic nitrogens is 2. The normalized spacial score (nSPS) is 16.0. The van der Waals surface area contributed by atoms with Crippen molar-refractivity contribution in [3.63, 3.8) is 0 Å². The number of rotatable bonds is 6. The first-order valence-corrected chi connectivity index (χ1v) is 10.6. The molecule has 0 bridgehead atoms. The van der Waals surface area contributed by atoms with Crippen LogP contribution in [0.5, 0.6) is 0 Å². The number of amides is 1. The van der Waals surface area contributed by atoms with Crippen LogP contribution in [-0.4, -0.2) is 33.5 Å².